The van der Waals surface area contributed by atoms with Gasteiger partial charge >= 0.3 is 0 Å². The molecule has 1 nitrogen and oxygen atoms in total. The van der Waals surface area contributed by atoms with Gasteiger partial charge in [0.2, 0.25) is 0 Å². The third-order valence-corrected chi connectivity index (χ3v) is 17.3. The van der Waals surface area contributed by atoms with Crippen molar-refractivity contribution in [1.29, 1.82) is 0 Å². The first-order chi connectivity index (χ1) is 37.8. The first-order valence-electron chi connectivity index (χ1n) is 27.4. The maximum absolute atomic E-state index is 2.51. The lowest BCUT2D eigenvalue weighted by Gasteiger charge is -2.34. The minimum absolute atomic E-state index is 0.250. The quantitative estimate of drug-likeness (QED) is 0.132. The topological polar surface area (TPSA) is 3.24 Å². The van der Waals surface area contributed by atoms with Gasteiger partial charge in [0.1, 0.15) is 0 Å². The van der Waals surface area contributed by atoms with Crippen LogP contribution in [0.5, 0.6) is 0 Å². The summed E-state index contributed by atoms with van der Waals surface area (Å²) < 4.78 is 0. The fourth-order valence-corrected chi connectivity index (χ4v) is 13.4. The molecule has 1 unspecified atom stereocenters. The van der Waals surface area contributed by atoms with Crippen molar-refractivity contribution in [1.82, 2.24) is 0 Å². The van der Waals surface area contributed by atoms with E-state index in [1.807, 2.05) is 0 Å². The van der Waals surface area contributed by atoms with Gasteiger partial charge in [-0.25, -0.2) is 0 Å². The van der Waals surface area contributed by atoms with E-state index in [1.165, 1.54) is 111 Å². The van der Waals surface area contributed by atoms with Gasteiger partial charge in [0.05, 0.1) is 5.41 Å². The summed E-state index contributed by atoms with van der Waals surface area (Å²) in [6.07, 6.45) is 10.9. The molecule has 3 aliphatic rings. The van der Waals surface area contributed by atoms with Crippen molar-refractivity contribution >= 4 is 27.8 Å². The fourth-order valence-electron chi connectivity index (χ4n) is 13.4. The zero-order valence-electron chi connectivity index (χ0n) is 43.9. The highest BCUT2D eigenvalue weighted by Crippen LogP contribution is 2.58. The van der Waals surface area contributed by atoms with Crippen LogP contribution in [-0.2, 0) is 17.3 Å². The van der Waals surface area contributed by atoms with Gasteiger partial charge < -0.3 is 4.90 Å². The summed E-state index contributed by atoms with van der Waals surface area (Å²) in [7, 11) is 0. The van der Waals surface area contributed by atoms with Crippen LogP contribution in [0.2, 0.25) is 0 Å². The standard InChI is InChI=1S/C76H59N/c1-51-32-34-57(54-22-10-5-11-23-54)48-68(51)74-58(36-35-56-24-16-17-29-64(56)74)46-52-33-43-66-67-44-41-63(50-73(67)75(2,3)72(66)47-52)77(61-39-37-55(38-40-61)53-20-8-4-9-21-53)62-42-45-71-69(49-62)65-30-18-19-31-70(65)76(71,59-25-12-6-13-26-59)60-27-14-7-15-28-60/h4-22,24-45,47-50,54H,23,46H2,1-3H3. The zero-order chi connectivity index (χ0) is 51.7. The molecule has 0 bridgehead atoms. The highest BCUT2D eigenvalue weighted by atomic mass is 15.1. The first kappa shape index (κ1) is 46.5. The molecule has 0 aromatic heterocycles. The predicted octanol–water partition coefficient (Wildman–Crippen LogP) is 19.8. The van der Waals surface area contributed by atoms with Crippen LogP contribution in [0.4, 0.5) is 17.1 Å². The molecule has 77 heavy (non-hydrogen) atoms. The van der Waals surface area contributed by atoms with E-state index in [0.717, 1.165) is 29.9 Å². The van der Waals surface area contributed by atoms with Crippen LogP contribution in [-0.4, -0.2) is 0 Å². The molecule has 11 aromatic rings. The summed E-state index contributed by atoms with van der Waals surface area (Å²) in [6, 6.07) is 93.6. The molecular weight excluding hydrogens is 927 g/mol. The maximum Gasteiger partial charge on any atom is 0.0713 e. The number of hydrogen-bond acceptors (Lipinski definition) is 1. The molecule has 0 spiro atoms. The number of benzene rings is 11. The molecule has 1 atom stereocenters. The lowest BCUT2D eigenvalue weighted by atomic mass is 9.68. The van der Waals surface area contributed by atoms with Crippen LogP contribution < -0.4 is 4.90 Å². The molecular formula is C76H59N. The van der Waals surface area contributed by atoms with Crippen LogP contribution in [0, 0.1) is 6.92 Å². The summed E-state index contributed by atoms with van der Waals surface area (Å²) in [6.45, 7) is 7.13. The van der Waals surface area contributed by atoms with Gasteiger partial charge in [-0.2, -0.15) is 0 Å². The average Bonchev–Trinajstić information content (AvgIpc) is 4.02. The summed E-state index contributed by atoms with van der Waals surface area (Å²) >= 11 is 0. The number of aryl methyl sites for hydroxylation is 1. The molecule has 0 saturated carbocycles. The van der Waals surface area contributed by atoms with E-state index in [-0.39, 0.29) is 5.41 Å². The second-order valence-corrected chi connectivity index (χ2v) is 22.0. The van der Waals surface area contributed by atoms with Gasteiger partial charge in [0.25, 0.3) is 0 Å². The molecule has 0 heterocycles. The smallest absolute Gasteiger partial charge is 0.0713 e. The van der Waals surface area contributed by atoms with Gasteiger partial charge in [-0.3, -0.25) is 0 Å². The van der Waals surface area contributed by atoms with Crippen LogP contribution in [0.25, 0.3) is 55.3 Å². The Balaban J connectivity index is 0.873. The number of rotatable bonds is 10. The van der Waals surface area contributed by atoms with Gasteiger partial charge in [0, 0.05) is 28.4 Å². The van der Waals surface area contributed by atoms with Gasteiger partial charge in [-0.05, 0) is 167 Å². The molecule has 0 radical (unpaired) electrons. The van der Waals surface area contributed by atoms with Crippen molar-refractivity contribution in [2.45, 2.75) is 50.4 Å². The van der Waals surface area contributed by atoms with Crippen molar-refractivity contribution in [3.05, 3.63) is 329 Å². The summed E-state index contributed by atoms with van der Waals surface area (Å²) in [5, 5.41) is 2.58. The lowest BCUT2D eigenvalue weighted by Crippen LogP contribution is -2.28. The second kappa shape index (κ2) is 18.7. The average molecular weight is 986 g/mol. The Hall–Kier alpha value is -9.04. The van der Waals surface area contributed by atoms with Gasteiger partial charge in [0.15, 0.2) is 0 Å². The van der Waals surface area contributed by atoms with Crippen molar-refractivity contribution in [3.8, 4) is 44.5 Å². The number of nitrogens with zero attached hydrogens (tertiary/aromatic N) is 1. The van der Waals surface area contributed by atoms with E-state index in [9.17, 15) is 0 Å². The monoisotopic (exact) mass is 985 g/mol. The van der Waals surface area contributed by atoms with Crippen LogP contribution >= 0.6 is 0 Å². The van der Waals surface area contributed by atoms with Crippen molar-refractivity contribution in [2.24, 2.45) is 0 Å². The van der Waals surface area contributed by atoms with E-state index < -0.39 is 5.41 Å². The Morgan fingerprint density at radius 2 is 1.05 bits per heavy atom. The maximum atomic E-state index is 2.51. The predicted molar refractivity (Wildman–Crippen MR) is 324 cm³/mol. The Labute approximate surface area is 453 Å². The third kappa shape index (κ3) is 7.67. The summed E-state index contributed by atoms with van der Waals surface area (Å²) in [4.78, 5) is 2.48. The Bertz CT molecular complexity index is 4080. The Morgan fingerprint density at radius 3 is 1.81 bits per heavy atom. The van der Waals surface area contributed by atoms with Crippen LogP contribution in [0.1, 0.15) is 81.8 Å². The number of anilines is 3. The van der Waals surface area contributed by atoms with Crippen molar-refractivity contribution in [3.63, 3.8) is 0 Å². The van der Waals surface area contributed by atoms with E-state index >= 15 is 0 Å². The second-order valence-electron chi connectivity index (χ2n) is 22.0. The molecule has 0 fully saturated rings. The van der Waals surface area contributed by atoms with E-state index in [0.29, 0.717) is 5.92 Å². The molecule has 0 aliphatic heterocycles. The largest absolute Gasteiger partial charge is 0.310 e. The number of allylic oxidation sites excluding steroid dienone is 4. The molecule has 11 aromatic carbocycles. The minimum atomic E-state index is -0.471. The molecule has 14 rings (SSSR count). The summed E-state index contributed by atoms with van der Waals surface area (Å²) in [5.74, 6) is 0.386. The zero-order valence-corrected chi connectivity index (χ0v) is 43.9. The lowest BCUT2D eigenvalue weighted by molar-refractivity contribution is 0.659. The van der Waals surface area contributed by atoms with E-state index in [4.69, 9.17) is 0 Å². The molecule has 3 aliphatic carbocycles. The first-order valence-corrected chi connectivity index (χ1v) is 27.4. The SMILES string of the molecule is Cc1ccc(C2C=CC=CC2)cc1-c1c(Cc2ccc3c(c2)C(C)(C)c2cc(N(c4ccc(-c5ccccc5)cc4)c4ccc5c(c4)-c4ccccc4C5(c4ccccc4)c4ccccc4)ccc2-3)ccc2ccccc12. The molecule has 0 amide bonds. The van der Waals surface area contributed by atoms with E-state index in [1.54, 1.807) is 0 Å². The van der Waals surface area contributed by atoms with Crippen molar-refractivity contribution in [2.75, 3.05) is 4.90 Å². The van der Waals surface area contributed by atoms with Crippen molar-refractivity contribution < 1.29 is 0 Å². The van der Waals surface area contributed by atoms with Gasteiger partial charge in [-0.15, -0.1) is 0 Å². The van der Waals surface area contributed by atoms with E-state index in [2.05, 4.69) is 299 Å². The molecule has 1 heteroatoms. The Morgan fingerprint density at radius 1 is 0.442 bits per heavy atom. The summed E-state index contributed by atoms with van der Waals surface area (Å²) in [5.41, 5.74) is 26.1. The highest BCUT2D eigenvalue weighted by molar-refractivity contribution is 5.99. The fraction of sp³-hybridized carbons (Fsp3) is 0.105. The third-order valence-electron chi connectivity index (χ3n) is 17.3. The van der Waals surface area contributed by atoms with Gasteiger partial charge in [-0.1, -0.05) is 250 Å². The Kier molecular flexibility index (Phi) is 11.3. The normalized spacial score (nSPS) is 15.2. The number of fused-ring (bicyclic) bond motifs is 7. The minimum Gasteiger partial charge on any atom is -0.310 e. The molecule has 368 valence electrons. The van der Waals surface area contributed by atoms with Crippen LogP contribution in [0.3, 0.4) is 0 Å². The molecule has 0 N–H and O–H groups in total. The van der Waals surface area contributed by atoms with Crippen LogP contribution in [0.15, 0.2) is 273 Å². The number of hydrogen-bond donors (Lipinski definition) is 0. The molecule has 0 saturated heterocycles. The highest BCUT2D eigenvalue weighted by Gasteiger charge is 2.46.